The Morgan fingerprint density at radius 2 is 2.40 bits per heavy atom. The van der Waals surface area contributed by atoms with E-state index in [1.165, 1.54) is 18.2 Å². The highest BCUT2D eigenvalue weighted by molar-refractivity contribution is 5.80. The van der Waals surface area contributed by atoms with Gasteiger partial charge in [0.15, 0.2) is 0 Å². The number of ether oxygens (including phenoxy) is 2. The third-order valence-electron chi connectivity index (χ3n) is 3.05. The molecule has 2 atom stereocenters. The van der Waals surface area contributed by atoms with Crippen LogP contribution < -0.4 is 16.0 Å². The Hall–Kier alpha value is -2.17. The number of nitrogens with zero attached hydrogens (tertiary/aromatic N) is 1. The van der Waals surface area contributed by atoms with Crippen molar-refractivity contribution < 1.29 is 18.7 Å². The minimum absolute atomic E-state index is 0.137. The number of nitrogens with two attached hydrogens (primary N) is 1. The molecule has 20 heavy (non-hydrogen) atoms. The molecule has 6 nitrogen and oxygen atoms in total. The van der Waals surface area contributed by atoms with Crippen LogP contribution in [0.2, 0.25) is 0 Å². The standard InChI is InChI=1S/C13H14FN3O3/c14-10-2-1-3-11(9(10)6-15)19-7-8-4-5-12(20-8)13(18)17-16/h1-3,8,12H,4-5,7,16H2,(H,17,18). The topological polar surface area (TPSA) is 97.4 Å². The summed E-state index contributed by atoms with van der Waals surface area (Å²) in [4.78, 5) is 11.3. The number of carbonyl (C=O) groups is 1. The van der Waals surface area contributed by atoms with Crippen molar-refractivity contribution in [3.8, 4) is 11.8 Å². The molecule has 106 valence electrons. The number of rotatable bonds is 4. The van der Waals surface area contributed by atoms with Gasteiger partial charge in [0.1, 0.15) is 35.9 Å². The summed E-state index contributed by atoms with van der Waals surface area (Å²) >= 11 is 0. The summed E-state index contributed by atoms with van der Waals surface area (Å²) < 4.78 is 24.2. The van der Waals surface area contributed by atoms with Crippen molar-refractivity contribution in [1.82, 2.24) is 5.43 Å². The second-order valence-electron chi connectivity index (χ2n) is 4.37. The normalized spacial score (nSPS) is 21.2. The number of hydrazine groups is 1. The van der Waals surface area contributed by atoms with Crippen molar-refractivity contribution in [2.24, 2.45) is 5.84 Å². The molecule has 0 radical (unpaired) electrons. The number of carbonyl (C=O) groups excluding carboxylic acids is 1. The average molecular weight is 279 g/mol. The Morgan fingerprint density at radius 3 is 3.10 bits per heavy atom. The molecule has 2 unspecified atom stereocenters. The third kappa shape index (κ3) is 3.04. The van der Waals surface area contributed by atoms with Crippen LogP contribution in [0.15, 0.2) is 18.2 Å². The van der Waals surface area contributed by atoms with E-state index in [4.69, 9.17) is 20.6 Å². The van der Waals surface area contributed by atoms with Crippen LogP contribution in [-0.4, -0.2) is 24.7 Å². The Kier molecular flexibility index (Phi) is 4.50. The average Bonchev–Trinajstić information content (AvgIpc) is 2.93. The lowest BCUT2D eigenvalue weighted by molar-refractivity contribution is -0.132. The smallest absolute Gasteiger partial charge is 0.263 e. The fourth-order valence-electron chi connectivity index (χ4n) is 2.03. The molecule has 2 rings (SSSR count). The second kappa shape index (κ2) is 6.32. The number of nitriles is 1. The van der Waals surface area contributed by atoms with Gasteiger partial charge in [0.05, 0.1) is 6.10 Å². The highest BCUT2D eigenvalue weighted by Gasteiger charge is 2.30. The fraction of sp³-hybridized carbons (Fsp3) is 0.385. The summed E-state index contributed by atoms with van der Waals surface area (Å²) in [6.45, 7) is 0.145. The summed E-state index contributed by atoms with van der Waals surface area (Å²) in [6.07, 6.45) is 0.310. The van der Waals surface area contributed by atoms with E-state index in [0.29, 0.717) is 12.8 Å². The maximum Gasteiger partial charge on any atom is 0.263 e. The Bertz CT molecular complexity index is 544. The third-order valence-corrected chi connectivity index (χ3v) is 3.05. The number of amides is 1. The van der Waals surface area contributed by atoms with E-state index in [-0.39, 0.29) is 29.9 Å². The van der Waals surface area contributed by atoms with Crippen LogP contribution in [0.3, 0.4) is 0 Å². The SMILES string of the molecule is N#Cc1c(F)cccc1OCC1CCC(C(=O)NN)O1. The van der Waals surface area contributed by atoms with E-state index in [2.05, 4.69) is 0 Å². The van der Waals surface area contributed by atoms with Crippen molar-refractivity contribution in [2.75, 3.05) is 6.61 Å². The van der Waals surface area contributed by atoms with Gasteiger partial charge >= 0.3 is 0 Å². The number of nitrogens with one attached hydrogen (secondary N) is 1. The number of hydrogen-bond donors (Lipinski definition) is 2. The number of halogens is 1. The Morgan fingerprint density at radius 1 is 1.60 bits per heavy atom. The highest BCUT2D eigenvalue weighted by Crippen LogP contribution is 2.24. The minimum atomic E-state index is -0.627. The zero-order chi connectivity index (χ0) is 14.5. The summed E-state index contributed by atoms with van der Waals surface area (Å²) in [7, 11) is 0. The van der Waals surface area contributed by atoms with Crippen LogP contribution in [0.1, 0.15) is 18.4 Å². The van der Waals surface area contributed by atoms with Crippen molar-refractivity contribution in [1.29, 1.82) is 5.26 Å². The largest absolute Gasteiger partial charge is 0.489 e. The lowest BCUT2D eigenvalue weighted by Crippen LogP contribution is -2.39. The molecule has 1 aromatic rings. The lowest BCUT2D eigenvalue weighted by atomic mass is 10.2. The van der Waals surface area contributed by atoms with Crippen molar-refractivity contribution in [3.63, 3.8) is 0 Å². The van der Waals surface area contributed by atoms with Crippen LogP contribution in [0, 0.1) is 17.1 Å². The first-order valence-corrected chi connectivity index (χ1v) is 6.13. The molecule has 0 saturated carbocycles. The zero-order valence-corrected chi connectivity index (χ0v) is 10.6. The molecule has 0 bridgehead atoms. The molecule has 1 heterocycles. The molecule has 1 aromatic carbocycles. The summed E-state index contributed by atoms with van der Waals surface area (Å²) in [6, 6.07) is 5.93. The molecule has 0 aliphatic carbocycles. The lowest BCUT2D eigenvalue weighted by Gasteiger charge is -2.14. The first kappa shape index (κ1) is 14.2. The van der Waals surface area contributed by atoms with Crippen molar-refractivity contribution in [2.45, 2.75) is 25.0 Å². The molecular weight excluding hydrogens is 265 g/mol. The van der Waals surface area contributed by atoms with Gasteiger partial charge in [-0.25, -0.2) is 10.2 Å². The number of benzene rings is 1. The van der Waals surface area contributed by atoms with E-state index in [1.807, 2.05) is 5.43 Å². The van der Waals surface area contributed by atoms with E-state index >= 15 is 0 Å². The Labute approximate surface area is 115 Å². The van der Waals surface area contributed by atoms with Gasteiger partial charge < -0.3 is 9.47 Å². The first-order chi connectivity index (χ1) is 9.65. The predicted octanol–water partition coefficient (Wildman–Crippen LogP) is 0.614. The second-order valence-corrected chi connectivity index (χ2v) is 4.37. The van der Waals surface area contributed by atoms with Gasteiger partial charge in [0, 0.05) is 0 Å². The van der Waals surface area contributed by atoms with Crippen LogP contribution in [0.25, 0.3) is 0 Å². The maximum absolute atomic E-state index is 13.4. The summed E-state index contributed by atoms with van der Waals surface area (Å²) in [5.74, 6) is 4.19. The summed E-state index contributed by atoms with van der Waals surface area (Å²) in [5, 5.41) is 8.87. The molecule has 0 spiro atoms. The molecule has 3 N–H and O–H groups in total. The Balaban J connectivity index is 1.93. The van der Waals surface area contributed by atoms with Crippen LogP contribution >= 0.6 is 0 Å². The monoisotopic (exact) mass is 279 g/mol. The molecule has 1 saturated heterocycles. The van der Waals surface area contributed by atoms with Gasteiger partial charge in [-0.15, -0.1) is 0 Å². The molecule has 1 amide bonds. The molecule has 1 aliphatic rings. The molecule has 1 aliphatic heterocycles. The van der Waals surface area contributed by atoms with Gasteiger partial charge in [-0.1, -0.05) is 6.07 Å². The quantitative estimate of drug-likeness (QED) is 0.478. The summed E-state index contributed by atoms with van der Waals surface area (Å²) in [5.41, 5.74) is 1.89. The van der Waals surface area contributed by atoms with E-state index < -0.39 is 11.9 Å². The van der Waals surface area contributed by atoms with E-state index in [1.54, 1.807) is 6.07 Å². The van der Waals surface area contributed by atoms with Gasteiger partial charge in [-0.2, -0.15) is 5.26 Å². The first-order valence-electron chi connectivity index (χ1n) is 6.13. The molecule has 0 aromatic heterocycles. The zero-order valence-electron chi connectivity index (χ0n) is 10.6. The predicted molar refractivity (Wildman–Crippen MR) is 66.8 cm³/mol. The van der Waals surface area contributed by atoms with Crippen LogP contribution in [-0.2, 0) is 9.53 Å². The number of hydrogen-bond acceptors (Lipinski definition) is 5. The van der Waals surface area contributed by atoms with Crippen molar-refractivity contribution in [3.05, 3.63) is 29.6 Å². The highest BCUT2D eigenvalue weighted by atomic mass is 19.1. The maximum atomic E-state index is 13.4. The van der Waals surface area contributed by atoms with Gasteiger partial charge in [-0.05, 0) is 25.0 Å². The molecular formula is C13H14FN3O3. The van der Waals surface area contributed by atoms with Crippen molar-refractivity contribution >= 4 is 5.91 Å². The molecule has 1 fully saturated rings. The van der Waals surface area contributed by atoms with Gasteiger partial charge in [0.2, 0.25) is 0 Å². The van der Waals surface area contributed by atoms with E-state index in [0.717, 1.165) is 0 Å². The fourth-order valence-corrected chi connectivity index (χ4v) is 2.03. The molecule has 7 heteroatoms. The van der Waals surface area contributed by atoms with Gasteiger partial charge in [0.25, 0.3) is 5.91 Å². The van der Waals surface area contributed by atoms with Gasteiger partial charge in [-0.3, -0.25) is 10.2 Å². The van der Waals surface area contributed by atoms with Crippen LogP contribution in [0.5, 0.6) is 5.75 Å². The van der Waals surface area contributed by atoms with E-state index in [9.17, 15) is 9.18 Å². The minimum Gasteiger partial charge on any atom is -0.489 e. The van der Waals surface area contributed by atoms with Crippen LogP contribution in [0.4, 0.5) is 4.39 Å².